The number of carbonyl (C=O) groups is 1. The number of fused-ring (bicyclic) bond motifs is 1. The second-order valence-electron chi connectivity index (χ2n) is 6.90. The van der Waals surface area contributed by atoms with Gasteiger partial charge < -0.3 is 10.6 Å². The third kappa shape index (κ3) is 3.14. The van der Waals surface area contributed by atoms with Crippen LogP contribution in [0.25, 0.3) is 0 Å². The maximum absolute atomic E-state index is 12.7. The van der Waals surface area contributed by atoms with E-state index in [4.69, 9.17) is 0 Å². The van der Waals surface area contributed by atoms with E-state index in [9.17, 15) is 4.79 Å². The Morgan fingerprint density at radius 1 is 1.24 bits per heavy atom. The Balaban J connectivity index is 1.78. The molecule has 1 fully saturated rings. The monoisotopic (exact) mass is 287 g/mol. The molecule has 0 bridgehead atoms. The Morgan fingerprint density at radius 2 is 1.95 bits per heavy atom. The molecule has 1 aliphatic carbocycles. The van der Waals surface area contributed by atoms with E-state index < -0.39 is 0 Å². The van der Waals surface area contributed by atoms with Crippen LogP contribution in [0.3, 0.4) is 0 Å². The van der Waals surface area contributed by atoms with E-state index in [2.05, 4.69) is 24.5 Å². The summed E-state index contributed by atoms with van der Waals surface area (Å²) >= 11 is 0. The number of carbonyl (C=O) groups excluding carboxylic acids is 1. The molecule has 4 nitrogen and oxygen atoms in total. The molecule has 2 amide bonds. The fourth-order valence-corrected chi connectivity index (χ4v) is 3.38. The molecule has 2 N–H and O–H groups in total. The SMILES string of the molecule is CC1(C)CN(C(=O)NC2CCCCC2)c2ccccc2N1. The molecule has 1 aromatic carbocycles. The number of amides is 2. The van der Waals surface area contributed by atoms with Gasteiger partial charge in [-0.2, -0.15) is 0 Å². The highest BCUT2D eigenvalue weighted by molar-refractivity contribution is 5.97. The van der Waals surface area contributed by atoms with Crippen molar-refractivity contribution in [2.75, 3.05) is 16.8 Å². The third-order valence-electron chi connectivity index (χ3n) is 4.40. The van der Waals surface area contributed by atoms with Crippen molar-refractivity contribution in [2.24, 2.45) is 0 Å². The Labute approximate surface area is 126 Å². The van der Waals surface area contributed by atoms with Gasteiger partial charge in [0.15, 0.2) is 0 Å². The summed E-state index contributed by atoms with van der Waals surface area (Å²) in [4.78, 5) is 14.6. The van der Waals surface area contributed by atoms with Gasteiger partial charge in [0.25, 0.3) is 0 Å². The average molecular weight is 287 g/mol. The first-order chi connectivity index (χ1) is 10.1. The van der Waals surface area contributed by atoms with Gasteiger partial charge in [-0.3, -0.25) is 4.90 Å². The molecule has 1 heterocycles. The van der Waals surface area contributed by atoms with Gasteiger partial charge >= 0.3 is 6.03 Å². The maximum Gasteiger partial charge on any atom is 0.322 e. The van der Waals surface area contributed by atoms with Gasteiger partial charge in [0, 0.05) is 11.6 Å². The standard InChI is InChI=1S/C17H25N3O/c1-17(2)12-20(15-11-7-6-10-14(15)19-17)16(21)18-13-8-4-3-5-9-13/h6-7,10-11,13,19H,3-5,8-9,12H2,1-2H3,(H,18,21). The molecule has 21 heavy (non-hydrogen) atoms. The normalized spacial score (nSPS) is 21.3. The van der Waals surface area contributed by atoms with Gasteiger partial charge in [-0.25, -0.2) is 4.79 Å². The fraction of sp³-hybridized carbons (Fsp3) is 0.588. The number of hydrogen-bond acceptors (Lipinski definition) is 2. The quantitative estimate of drug-likeness (QED) is 0.826. The first-order valence-electron chi connectivity index (χ1n) is 8.00. The summed E-state index contributed by atoms with van der Waals surface area (Å²) in [6, 6.07) is 8.43. The van der Waals surface area contributed by atoms with E-state index in [1.807, 2.05) is 29.2 Å². The Hall–Kier alpha value is -1.71. The fourth-order valence-electron chi connectivity index (χ4n) is 3.38. The molecule has 1 aliphatic heterocycles. The molecule has 0 unspecified atom stereocenters. The Morgan fingerprint density at radius 3 is 2.71 bits per heavy atom. The smallest absolute Gasteiger partial charge is 0.322 e. The van der Waals surface area contributed by atoms with Gasteiger partial charge in [-0.05, 0) is 38.8 Å². The molecule has 0 aromatic heterocycles. The van der Waals surface area contributed by atoms with Crippen LogP contribution in [0.4, 0.5) is 16.2 Å². The van der Waals surface area contributed by atoms with Crippen molar-refractivity contribution in [1.29, 1.82) is 0 Å². The number of benzene rings is 1. The molecule has 2 aliphatic rings. The van der Waals surface area contributed by atoms with Crippen LogP contribution in [-0.4, -0.2) is 24.2 Å². The van der Waals surface area contributed by atoms with E-state index in [-0.39, 0.29) is 11.6 Å². The first kappa shape index (κ1) is 14.2. The van der Waals surface area contributed by atoms with Crippen LogP contribution in [0.2, 0.25) is 0 Å². The van der Waals surface area contributed by atoms with Crippen LogP contribution in [-0.2, 0) is 0 Å². The minimum absolute atomic E-state index is 0.0453. The topological polar surface area (TPSA) is 44.4 Å². The predicted octanol–water partition coefficient (Wildman–Crippen LogP) is 3.74. The van der Waals surface area contributed by atoms with Crippen LogP contribution in [0.5, 0.6) is 0 Å². The molecule has 0 saturated heterocycles. The van der Waals surface area contributed by atoms with Crippen LogP contribution in [0.15, 0.2) is 24.3 Å². The van der Waals surface area contributed by atoms with Crippen molar-refractivity contribution in [3.63, 3.8) is 0 Å². The molecular formula is C17H25N3O. The number of rotatable bonds is 1. The number of hydrogen-bond donors (Lipinski definition) is 2. The van der Waals surface area contributed by atoms with Crippen LogP contribution in [0, 0.1) is 0 Å². The van der Waals surface area contributed by atoms with Crippen molar-refractivity contribution >= 4 is 17.4 Å². The molecule has 0 spiro atoms. The summed E-state index contributed by atoms with van der Waals surface area (Å²) in [5.41, 5.74) is 1.90. The summed E-state index contributed by atoms with van der Waals surface area (Å²) in [5.74, 6) is 0. The van der Waals surface area contributed by atoms with E-state index in [0.717, 1.165) is 24.2 Å². The third-order valence-corrected chi connectivity index (χ3v) is 4.40. The lowest BCUT2D eigenvalue weighted by molar-refractivity contribution is 0.236. The number of anilines is 2. The predicted molar refractivity (Wildman–Crippen MR) is 86.9 cm³/mol. The summed E-state index contributed by atoms with van der Waals surface area (Å²) in [6.45, 7) is 4.94. The molecular weight excluding hydrogens is 262 g/mol. The Bertz CT molecular complexity index is 521. The zero-order valence-electron chi connectivity index (χ0n) is 13.0. The molecule has 4 heteroatoms. The number of nitrogens with one attached hydrogen (secondary N) is 2. The maximum atomic E-state index is 12.7. The van der Waals surface area contributed by atoms with Crippen LogP contribution in [0.1, 0.15) is 46.0 Å². The highest BCUT2D eigenvalue weighted by Gasteiger charge is 2.33. The second-order valence-corrected chi connectivity index (χ2v) is 6.90. The highest BCUT2D eigenvalue weighted by Crippen LogP contribution is 2.34. The number of nitrogens with zero attached hydrogens (tertiary/aromatic N) is 1. The molecule has 114 valence electrons. The van der Waals surface area contributed by atoms with Gasteiger partial charge in [-0.1, -0.05) is 31.4 Å². The lowest BCUT2D eigenvalue weighted by Crippen LogP contribution is -2.55. The van der Waals surface area contributed by atoms with Crippen molar-refractivity contribution in [3.05, 3.63) is 24.3 Å². The first-order valence-corrected chi connectivity index (χ1v) is 8.00. The molecule has 1 aromatic rings. The highest BCUT2D eigenvalue weighted by atomic mass is 16.2. The molecule has 0 atom stereocenters. The summed E-state index contributed by atoms with van der Waals surface area (Å²) in [7, 11) is 0. The summed E-state index contributed by atoms with van der Waals surface area (Å²) < 4.78 is 0. The zero-order valence-corrected chi connectivity index (χ0v) is 13.0. The molecule has 1 saturated carbocycles. The van der Waals surface area contributed by atoms with E-state index in [0.29, 0.717) is 12.6 Å². The number of urea groups is 1. The summed E-state index contributed by atoms with van der Waals surface area (Å²) in [6.07, 6.45) is 5.99. The van der Waals surface area contributed by atoms with Gasteiger partial charge in [0.2, 0.25) is 0 Å². The van der Waals surface area contributed by atoms with E-state index in [1.165, 1.54) is 19.3 Å². The largest absolute Gasteiger partial charge is 0.377 e. The second kappa shape index (κ2) is 5.58. The molecule has 0 radical (unpaired) electrons. The summed E-state index contributed by atoms with van der Waals surface area (Å²) in [5, 5.41) is 6.73. The minimum Gasteiger partial charge on any atom is -0.377 e. The molecule has 3 rings (SSSR count). The van der Waals surface area contributed by atoms with Gasteiger partial charge in [0.05, 0.1) is 17.9 Å². The van der Waals surface area contributed by atoms with E-state index >= 15 is 0 Å². The van der Waals surface area contributed by atoms with Crippen molar-refractivity contribution < 1.29 is 4.79 Å². The Kier molecular flexibility index (Phi) is 3.79. The van der Waals surface area contributed by atoms with Gasteiger partial charge in [-0.15, -0.1) is 0 Å². The van der Waals surface area contributed by atoms with Crippen molar-refractivity contribution in [3.8, 4) is 0 Å². The number of para-hydroxylation sites is 2. The van der Waals surface area contributed by atoms with Crippen LogP contribution < -0.4 is 15.5 Å². The van der Waals surface area contributed by atoms with Gasteiger partial charge in [0.1, 0.15) is 0 Å². The van der Waals surface area contributed by atoms with Crippen molar-refractivity contribution in [1.82, 2.24) is 5.32 Å². The lowest BCUT2D eigenvalue weighted by atomic mass is 9.95. The zero-order chi connectivity index (χ0) is 14.9. The van der Waals surface area contributed by atoms with E-state index in [1.54, 1.807) is 0 Å². The lowest BCUT2D eigenvalue weighted by Gasteiger charge is -2.41. The average Bonchev–Trinajstić information content (AvgIpc) is 2.46. The van der Waals surface area contributed by atoms with Crippen LogP contribution >= 0.6 is 0 Å². The minimum atomic E-state index is -0.113. The van der Waals surface area contributed by atoms with Crippen molar-refractivity contribution in [2.45, 2.75) is 57.5 Å².